The number of benzene rings is 1. The van der Waals surface area contributed by atoms with Gasteiger partial charge in [0, 0.05) is 11.7 Å². The van der Waals surface area contributed by atoms with E-state index in [-0.39, 0.29) is 0 Å². The Morgan fingerprint density at radius 1 is 1.22 bits per heavy atom. The third-order valence-corrected chi connectivity index (χ3v) is 3.91. The third kappa shape index (κ3) is 6.91. The largest absolute Gasteiger partial charge is 0.497 e. The van der Waals surface area contributed by atoms with Crippen LogP contribution < -0.4 is 15.8 Å². The smallest absolute Gasteiger partial charge is 0.193 e. The predicted molar refractivity (Wildman–Crippen MR) is 99.3 cm³/mol. The van der Waals surface area contributed by atoms with Gasteiger partial charge in [0.05, 0.1) is 13.7 Å². The molecule has 130 valence electrons. The van der Waals surface area contributed by atoms with Crippen LogP contribution in [0, 0.1) is 5.92 Å². The van der Waals surface area contributed by atoms with Gasteiger partial charge >= 0.3 is 0 Å². The fourth-order valence-corrected chi connectivity index (χ4v) is 2.69. The summed E-state index contributed by atoms with van der Waals surface area (Å²) in [5.74, 6) is 1.92. The minimum Gasteiger partial charge on any atom is -0.497 e. The molecule has 0 aliphatic heterocycles. The lowest BCUT2D eigenvalue weighted by atomic mass is 10.0. The number of nitrogens with zero attached hydrogens (tertiary/aromatic N) is 2. The van der Waals surface area contributed by atoms with Crippen molar-refractivity contribution in [1.29, 1.82) is 0 Å². The molecule has 0 saturated carbocycles. The summed E-state index contributed by atoms with van der Waals surface area (Å²) in [4.78, 5) is 6.99. The Balaban J connectivity index is 2.66. The van der Waals surface area contributed by atoms with Gasteiger partial charge in [-0.1, -0.05) is 27.7 Å². The first-order chi connectivity index (χ1) is 11.0. The van der Waals surface area contributed by atoms with Gasteiger partial charge < -0.3 is 15.8 Å². The maximum Gasteiger partial charge on any atom is 0.193 e. The van der Waals surface area contributed by atoms with Crippen LogP contribution in [0.3, 0.4) is 0 Å². The normalized spacial score (nSPS) is 13.4. The Bertz CT molecular complexity index is 466. The summed E-state index contributed by atoms with van der Waals surface area (Å²) in [5.41, 5.74) is 6.94. The van der Waals surface area contributed by atoms with E-state index in [1.165, 1.54) is 0 Å². The minimum atomic E-state index is 0.432. The quantitative estimate of drug-likeness (QED) is 0.542. The van der Waals surface area contributed by atoms with Crippen molar-refractivity contribution in [2.75, 3.05) is 32.1 Å². The number of hydrogen-bond acceptors (Lipinski definition) is 3. The van der Waals surface area contributed by atoms with Crippen molar-refractivity contribution in [3.05, 3.63) is 24.3 Å². The molecule has 0 saturated heterocycles. The Morgan fingerprint density at radius 2 is 1.83 bits per heavy atom. The van der Waals surface area contributed by atoms with Crippen molar-refractivity contribution in [2.45, 2.75) is 40.2 Å². The van der Waals surface area contributed by atoms with Crippen molar-refractivity contribution < 1.29 is 4.74 Å². The highest BCUT2D eigenvalue weighted by Gasteiger charge is 2.16. The molecule has 1 rings (SSSR count). The van der Waals surface area contributed by atoms with Crippen LogP contribution in [-0.4, -0.2) is 43.6 Å². The standard InChI is InChI=1S/C18H32N4O/c1-6-22(7-2)16(12-14(3)4)13-20-18(19)21-15-8-10-17(23-5)11-9-15/h8-11,14,16H,6-7,12-13H2,1-5H3,(H3,19,20,21). The first kappa shape index (κ1) is 19.3. The SMILES string of the molecule is CCN(CC)C(CN=C(N)Nc1ccc(OC)cc1)CC(C)C. The number of anilines is 1. The van der Waals surface area contributed by atoms with Crippen molar-refractivity contribution in [3.63, 3.8) is 0 Å². The number of ether oxygens (including phenoxy) is 1. The van der Waals surface area contributed by atoms with E-state index in [0.717, 1.165) is 37.5 Å². The number of nitrogens with one attached hydrogen (secondary N) is 1. The molecular formula is C18H32N4O. The lowest BCUT2D eigenvalue weighted by Gasteiger charge is -2.29. The van der Waals surface area contributed by atoms with E-state index in [1.807, 2.05) is 24.3 Å². The molecule has 23 heavy (non-hydrogen) atoms. The summed E-state index contributed by atoms with van der Waals surface area (Å²) >= 11 is 0. The molecule has 0 amide bonds. The summed E-state index contributed by atoms with van der Waals surface area (Å²) in [6, 6.07) is 8.08. The Morgan fingerprint density at radius 3 is 2.30 bits per heavy atom. The van der Waals surface area contributed by atoms with Crippen LogP contribution in [0.15, 0.2) is 29.3 Å². The molecule has 5 nitrogen and oxygen atoms in total. The molecular weight excluding hydrogens is 288 g/mol. The maximum absolute atomic E-state index is 6.03. The molecule has 0 heterocycles. The van der Waals surface area contributed by atoms with Gasteiger partial charge in [-0.05, 0) is 49.7 Å². The summed E-state index contributed by atoms with van der Waals surface area (Å²) in [7, 11) is 1.65. The average molecular weight is 320 g/mol. The summed E-state index contributed by atoms with van der Waals surface area (Å²) in [6.45, 7) is 11.7. The number of guanidine groups is 1. The van der Waals surface area contributed by atoms with E-state index >= 15 is 0 Å². The summed E-state index contributed by atoms with van der Waals surface area (Å²) < 4.78 is 5.15. The third-order valence-electron chi connectivity index (χ3n) is 3.91. The van der Waals surface area contributed by atoms with Crippen molar-refractivity contribution in [2.24, 2.45) is 16.6 Å². The molecule has 0 spiro atoms. The van der Waals surface area contributed by atoms with Crippen LogP contribution >= 0.6 is 0 Å². The van der Waals surface area contributed by atoms with E-state index in [9.17, 15) is 0 Å². The molecule has 0 aliphatic carbocycles. The molecule has 0 radical (unpaired) electrons. The molecule has 3 N–H and O–H groups in total. The lowest BCUT2D eigenvalue weighted by Crippen LogP contribution is -2.39. The van der Waals surface area contributed by atoms with Gasteiger partial charge in [-0.15, -0.1) is 0 Å². The molecule has 1 atom stereocenters. The molecule has 0 aromatic heterocycles. The van der Waals surface area contributed by atoms with Gasteiger partial charge in [0.2, 0.25) is 0 Å². The van der Waals surface area contributed by atoms with Gasteiger partial charge in [-0.2, -0.15) is 0 Å². The minimum absolute atomic E-state index is 0.432. The van der Waals surface area contributed by atoms with Crippen molar-refractivity contribution >= 4 is 11.6 Å². The number of likely N-dealkylation sites (N-methyl/N-ethyl adjacent to an activating group) is 1. The van der Waals surface area contributed by atoms with E-state index in [4.69, 9.17) is 10.5 Å². The predicted octanol–water partition coefficient (Wildman–Crippen LogP) is 3.18. The second kappa shape index (κ2) is 10.1. The topological polar surface area (TPSA) is 62.9 Å². The van der Waals surface area contributed by atoms with Gasteiger partial charge in [-0.3, -0.25) is 9.89 Å². The number of hydrogen-bond donors (Lipinski definition) is 2. The molecule has 0 aliphatic rings. The Kier molecular flexibility index (Phi) is 8.48. The highest BCUT2D eigenvalue weighted by Crippen LogP contribution is 2.15. The van der Waals surface area contributed by atoms with Crippen LogP contribution in [0.1, 0.15) is 34.1 Å². The van der Waals surface area contributed by atoms with Crippen LogP contribution in [0.5, 0.6) is 5.75 Å². The number of rotatable bonds is 9. The lowest BCUT2D eigenvalue weighted by molar-refractivity contribution is 0.196. The molecule has 1 unspecified atom stereocenters. The average Bonchev–Trinajstić information content (AvgIpc) is 2.53. The van der Waals surface area contributed by atoms with Crippen molar-refractivity contribution in [1.82, 2.24) is 4.90 Å². The van der Waals surface area contributed by atoms with Crippen molar-refractivity contribution in [3.8, 4) is 5.75 Å². The molecule has 0 bridgehead atoms. The Labute approximate surface area is 140 Å². The zero-order chi connectivity index (χ0) is 17.2. The zero-order valence-electron chi connectivity index (χ0n) is 15.2. The monoisotopic (exact) mass is 320 g/mol. The van der Waals surface area contributed by atoms with Crippen LogP contribution in [0.4, 0.5) is 5.69 Å². The fourth-order valence-electron chi connectivity index (χ4n) is 2.69. The molecule has 1 aromatic rings. The van der Waals surface area contributed by atoms with Gasteiger partial charge in [0.15, 0.2) is 5.96 Å². The number of aliphatic imine (C=N–C) groups is 1. The van der Waals surface area contributed by atoms with E-state index in [0.29, 0.717) is 17.9 Å². The highest BCUT2D eigenvalue weighted by atomic mass is 16.5. The first-order valence-electron chi connectivity index (χ1n) is 8.45. The second-order valence-electron chi connectivity index (χ2n) is 6.08. The summed E-state index contributed by atoms with van der Waals surface area (Å²) in [6.07, 6.45) is 1.13. The van der Waals surface area contributed by atoms with Crippen LogP contribution in [0.2, 0.25) is 0 Å². The second-order valence-corrected chi connectivity index (χ2v) is 6.08. The molecule has 0 fully saturated rings. The van der Waals surface area contributed by atoms with Crippen LogP contribution in [0.25, 0.3) is 0 Å². The highest BCUT2D eigenvalue weighted by molar-refractivity contribution is 5.92. The van der Waals surface area contributed by atoms with Crippen LogP contribution in [-0.2, 0) is 0 Å². The van der Waals surface area contributed by atoms with E-state index in [2.05, 4.69) is 42.9 Å². The Hall–Kier alpha value is -1.75. The van der Waals surface area contributed by atoms with E-state index < -0.39 is 0 Å². The summed E-state index contributed by atoms with van der Waals surface area (Å²) in [5, 5.41) is 3.13. The fraction of sp³-hybridized carbons (Fsp3) is 0.611. The van der Waals surface area contributed by atoms with Gasteiger partial charge in [0.25, 0.3) is 0 Å². The molecule has 1 aromatic carbocycles. The van der Waals surface area contributed by atoms with Gasteiger partial charge in [-0.25, -0.2) is 0 Å². The van der Waals surface area contributed by atoms with Gasteiger partial charge in [0.1, 0.15) is 5.75 Å². The number of nitrogens with two attached hydrogens (primary N) is 1. The van der Waals surface area contributed by atoms with E-state index in [1.54, 1.807) is 7.11 Å². The molecule has 5 heteroatoms. The number of methoxy groups -OCH3 is 1. The zero-order valence-corrected chi connectivity index (χ0v) is 15.2. The maximum atomic E-state index is 6.03. The first-order valence-corrected chi connectivity index (χ1v) is 8.45.